The van der Waals surface area contributed by atoms with Crippen LogP contribution in [0.5, 0.6) is 0 Å². The van der Waals surface area contributed by atoms with E-state index in [-0.39, 0.29) is 0 Å². The minimum atomic E-state index is 1.09. The smallest absolute Gasteiger partial charge is 0.0163 e. The van der Waals surface area contributed by atoms with Crippen LogP contribution in [0.25, 0.3) is 0 Å². The monoisotopic (exact) mass is 152 g/mol. The summed E-state index contributed by atoms with van der Waals surface area (Å²) in [5.41, 5.74) is 0. The first-order valence-electron chi connectivity index (χ1n) is 4.60. The first kappa shape index (κ1) is 8.79. The molecule has 1 aliphatic rings. The van der Waals surface area contributed by atoms with Gasteiger partial charge in [-0.2, -0.15) is 0 Å². The summed E-state index contributed by atoms with van der Waals surface area (Å²) >= 11 is 0. The van der Waals surface area contributed by atoms with E-state index in [4.69, 9.17) is 0 Å². The summed E-state index contributed by atoms with van der Waals surface area (Å²) in [6, 6.07) is 0. The molecule has 1 heterocycles. The summed E-state index contributed by atoms with van der Waals surface area (Å²) < 4.78 is 0. The average Bonchev–Trinajstić information content (AvgIpc) is 2.07. The van der Waals surface area contributed by atoms with Crippen molar-refractivity contribution in [1.82, 2.24) is 4.90 Å². The van der Waals surface area contributed by atoms with Crippen LogP contribution < -0.4 is 0 Å². The van der Waals surface area contributed by atoms with E-state index in [1.54, 1.807) is 0 Å². The number of rotatable bonds is 4. The molecule has 0 saturated carbocycles. The lowest BCUT2D eigenvalue weighted by molar-refractivity contribution is 0.292. The van der Waals surface area contributed by atoms with Crippen molar-refractivity contribution in [2.45, 2.75) is 25.7 Å². The van der Waals surface area contributed by atoms with Crippen LogP contribution in [0.15, 0.2) is 12.2 Å². The minimum Gasteiger partial charge on any atom is -0.299 e. The molecule has 1 aliphatic heterocycles. The Morgan fingerprint density at radius 1 is 1.27 bits per heavy atom. The van der Waals surface area contributed by atoms with Crippen molar-refractivity contribution in [3.8, 4) is 0 Å². The van der Waals surface area contributed by atoms with E-state index in [1.165, 1.54) is 32.4 Å². The van der Waals surface area contributed by atoms with Gasteiger partial charge in [-0.3, -0.25) is 4.90 Å². The molecule has 0 aromatic heterocycles. The van der Waals surface area contributed by atoms with Crippen molar-refractivity contribution < 1.29 is 0 Å². The van der Waals surface area contributed by atoms with E-state index in [0.717, 1.165) is 13.0 Å². The van der Waals surface area contributed by atoms with E-state index in [9.17, 15) is 0 Å². The van der Waals surface area contributed by atoms with Crippen LogP contribution in [0.1, 0.15) is 25.7 Å². The van der Waals surface area contributed by atoms with Crippen molar-refractivity contribution in [1.29, 1.82) is 0 Å². The molecule has 0 aliphatic carbocycles. The molecule has 63 valence electrons. The first-order valence-corrected chi connectivity index (χ1v) is 4.60. The van der Waals surface area contributed by atoms with Gasteiger partial charge in [-0.05, 0) is 19.4 Å². The Balaban J connectivity index is 2.02. The fourth-order valence-electron chi connectivity index (χ4n) is 1.41. The second kappa shape index (κ2) is 5.36. The molecule has 1 radical (unpaired) electrons. The second-order valence-corrected chi connectivity index (χ2v) is 3.12. The second-order valence-electron chi connectivity index (χ2n) is 3.12. The fraction of sp³-hybridized carbons (Fsp3) is 0.700. The highest BCUT2D eigenvalue weighted by Gasteiger charge is 2.03. The molecule has 0 bridgehead atoms. The van der Waals surface area contributed by atoms with Gasteiger partial charge in [0.15, 0.2) is 0 Å². The van der Waals surface area contributed by atoms with Gasteiger partial charge in [0.25, 0.3) is 0 Å². The molecule has 0 amide bonds. The lowest BCUT2D eigenvalue weighted by Gasteiger charge is -2.22. The maximum Gasteiger partial charge on any atom is 0.0163 e. The third-order valence-electron chi connectivity index (χ3n) is 2.12. The van der Waals surface area contributed by atoms with Crippen molar-refractivity contribution in [3.05, 3.63) is 19.1 Å². The molecule has 0 aromatic carbocycles. The highest BCUT2D eigenvalue weighted by Crippen LogP contribution is 2.03. The fourth-order valence-corrected chi connectivity index (χ4v) is 1.41. The summed E-state index contributed by atoms with van der Waals surface area (Å²) in [6.07, 6.45) is 9.47. The van der Waals surface area contributed by atoms with Gasteiger partial charge >= 0.3 is 0 Å². The molecule has 0 N–H and O–H groups in total. The first-order chi connectivity index (χ1) is 5.43. The predicted octanol–water partition coefficient (Wildman–Crippen LogP) is 2.25. The molecule has 0 unspecified atom stereocenters. The Morgan fingerprint density at radius 2 is 2.18 bits per heavy atom. The Bertz CT molecular complexity index is 118. The van der Waals surface area contributed by atoms with Gasteiger partial charge in [0, 0.05) is 13.1 Å². The van der Waals surface area contributed by atoms with E-state index >= 15 is 0 Å². The zero-order valence-corrected chi connectivity index (χ0v) is 7.26. The standard InChI is InChI=1S/C10H18N/c1-2-3-5-8-11-9-6-4-7-10-11/h4,6H,1-3,5,7-10H2. The molecule has 1 nitrogen and oxygen atoms in total. The third-order valence-corrected chi connectivity index (χ3v) is 2.12. The molecule has 1 rings (SSSR count). The van der Waals surface area contributed by atoms with Gasteiger partial charge in [-0.15, -0.1) is 0 Å². The predicted molar refractivity (Wildman–Crippen MR) is 49.4 cm³/mol. The summed E-state index contributed by atoms with van der Waals surface area (Å²) in [6.45, 7) is 7.52. The zero-order valence-electron chi connectivity index (χ0n) is 7.26. The zero-order chi connectivity index (χ0) is 7.94. The van der Waals surface area contributed by atoms with E-state index in [1.807, 2.05) is 0 Å². The highest BCUT2D eigenvalue weighted by molar-refractivity contribution is 4.90. The van der Waals surface area contributed by atoms with Crippen LogP contribution in [-0.4, -0.2) is 24.5 Å². The average molecular weight is 152 g/mol. The lowest BCUT2D eigenvalue weighted by atomic mass is 10.2. The van der Waals surface area contributed by atoms with E-state index < -0.39 is 0 Å². The van der Waals surface area contributed by atoms with Gasteiger partial charge in [-0.1, -0.05) is 31.9 Å². The van der Waals surface area contributed by atoms with Crippen LogP contribution in [0.2, 0.25) is 0 Å². The number of hydrogen-bond acceptors (Lipinski definition) is 1. The van der Waals surface area contributed by atoms with Crippen molar-refractivity contribution in [2.24, 2.45) is 0 Å². The Kier molecular flexibility index (Phi) is 4.29. The van der Waals surface area contributed by atoms with Crippen LogP contribution in [0, 0.1) is 6.92 Å². The van der Waals surface area contributed by atoms with E-state index in [0.29, 0.717) is 0 Å². The SMILES string of the molecule is [CH2]CCCCN1CC=CCC1. The molecular weight excluding hydrogens is 134 g/mol. The molecule has 11 heavy (non-hydrogen) atoms. The molecule has 0 atom stereocenters. The Labute approximate surface area is 70.1 Å². The van der Waals surface area contributed by atoms with Gasteiger partial charge in [0.1, 0.15) is 0 Å². The maximum absolute atomic E-state index is 3.84. The maximum atomic E-state index is 3.84. The topological polar surface area (TPSA) is 3.24 Å². The third kappa shape index (κ3) is 3.57. The minimum absolute atomic E-state index is 1.09. The Morgan fingerprint density at radius 3 is 2.82 bits per heavy atom. The molecule has 1 heteroatoms. The molecule has 0 aromatic rings. The van der Waals surface area contributed by atoms with Crippen molar-refractivity contribution >= 4 is 0 Å². The summed E-state index contributed by atoms with van der Waals surface area (Å²) in [5.74, 6) is 0. The summed E-state index contributed by atoms with van der Waals surface area (Å²) in [7, 11) is 0. The van der Waals surface area contributed by atoms with Crippen LogP contribution in [-0.2, 0) is 0 Å². The quantitative estimate of drug-likeness (QED) is 0.441. The molecule has 0 fully saturated rings. The van der Waals surface area contributed by atoms with Gasteiger partial charge in [-0.25, -0.2) is 0 Å². The van der Waals surface area contributed by atoms with Gasteiger partial charge in [0.2, 0.25) is 0 Å². The number of hydrogen-bond donors (Lipinski definition) is 0. The molecule has 0 saturated heterocycles. The molecule has 0 spiro atoms. The summed E-state index contributed by atoms with van der Waals surface area (Å²) in [5, 5.41) is 0. The van der Waals surface area contributed by atoms with Crippen LogP contribution in [0.3, 0.4) is 0 Å². The van der Waals surface area contributed by atoms with Gasteiger partial charge < -0.3 is 0 Å². The lowest BCUT2D eigenvalue weighted by Crippen LogP contribution is -2.28. The van der Waals surface area contributed by atoms with E-state index in [2.05, 4.69) is 24.0 Å². The highest BCUT2D eigenvalue weighted by atomic mass is 15.1. The molecular formula is C10H18N. The number of nitrogens with zero attached hydrogens (tertiary/aromatic N) is 1. The van der Waals surface area contributed by atoms with Gasteiger partial charge in [0.05, 0.1) is 0 Å². The van der Waals surface area contributed by atoms with Crippen molar-refractivity contribution in [3.63, 3.8) is 0 Å². The Hall–Kier alpha value is -0.300. The number of unbranched alkanes of at least 4 members (excludes halogenated alkanes) is 2. The summed E-state index contributed by atoms with van der Waals surface area (Å²) in [4.78, 5) is 2.51. The normalized spacial score (nSPS) is 19.0. The van der Waals surface area contributed by atoms with Crippen LogP contribution in [0.4, 0.5) is 0 Å². The largest absolute Gasteiger partial charge is 0.299 e. The van der Waals surface area contributed by atoms with Crippen LogP contribution >= 0.6 is 0 Å². The van der Waals surface area contributed by atoms with Crippen molar-refractivity contribution in [2.75, 3.05) is 19.6 Å².